The zero-order valence-electron chi connectivity index (χ0n) is 15.9. The van der Waals surface area contributed by atoms with Gasteiger partial charge < -0.3 is 15.0 Å². The first-order valence-corrected chi connectivity index (χ1v) is 8.78. The third-order valence-corrected chi connectivity index (χ3v) is 3.93. The molecule has 0 heterocycles. The molecule has 0 aliphatic carbocycles. The number of halogens is 1. The van der Waals surface area contributed by atoms with Crippen molar-refractivity contribution in [2.75, 3.05) is 13.1 Å². The summed E-state index contributed by atoms with van der Waals surface area (Å²) in [4.78, 5) is 14.2. The van der Waals surface area contributed by atoms with Gasteiger partial charge in [-0.3, -0.25) is 0 Å². The number of rotatable bonds is 5. The Balaban J connectivity index is 2.66. The fourth-order valence-corrected chi connectivity index (χ4v) is 2.65. The highest BCUT2D eigenvalue weighted by atomic mass is 35.5. The molecule has 1 aromatic carbocycles. The molecule has 1 aromatic rings. The minimum Gasteiger partial charge on any atom is -0.444 e. The van der Waals surface area contributed by atoms with Crippen LogP contribution in [0.3, 0.4) is 0 Å². The van der Waals surface area contributed by atoms with E-state index in [1.54, 1.807) is 4.90 Å². The van der Waals surface area contributed by atoms with Gasteiger partial charge >= 0.3 is 6.09 Å². The smallest absolute Gasteiger partial charge is 0.410 e. The van der Waals surface area contributed by atoms with Crippen LogP contribution in [0.5, 0.6) is 0 Å². The van der Waals surface area contributed by atoms with Crippen molar-refractivity contribution < 1.29 is 9.53 Å². The highest BCUT2D eigenvalue weighted by Crippen LogP contribution is 2.22. The molecule has 136 valence electrons. The minimum absolute atomic E-state index is 0.110. The average molecular weight is 355 g/mol. The van der Waals surface area contributed by atoms with Crippen LogP contribution in [-0.2, 0) is 4.74 Å². The fourth-order valence-electron chi connectivity index (χ4n) is 2.35. The van der Waals surface area contributed by atoms with E-state index in [2.05, 4.69) is 12.2 Å². The Hall–Kier alpha value is -1.26. The molecule has 1 unspecified atom stereocenters. The summed E-state index contributed by atoms with van der Waals surface area (Å²) in [5, 5.41) is 4.17. The molecule has 0 aliphatic heterocycles. The molecule has 5 heteroatoms. The number of nitrogens with one attached hydrogen (secondary N) is 1. The molecule has 0 aromatic heterocycles. The van der Waals surface area contributed by atoms with E-state index >= 15 is 0 Å². The SMILES string of the molecule is CC(NCCN(C(=O)OC(C)(C)C)C(C)(C)C)c1ccccc1Cl. The Morgan fingerprint density at radius 3 is 2.29 bits per heavy atom. The lowest BCUT2D eigenvalue weighted by molar-refractivity contribution is 0.00649. The Bertz CT molecular complexity index is 547. The third-order valence-electron chi connectivity index (χ3n) is 3.58. The van der Waals surface area contributed by atoms with E-state index in [-0.39, 0.29) is 17.7 Å². The van der Waals surface area contributed by atoms with E-state index in [1.807, 2.05) is 65.8 Å². The van der Waals surface area contributed by atoms with Crippen LogP contribution >= 0.6 is 11.6 Å². The summed E-state index contributed by atoms with van der Waals surface area (Å²) in [6, 6.07) is 7.90. The first-order chi connectivity index (χ1) is 10.9. The Kier molecular flexibility index (Phi) is 7.11. The standard InChI is InChI=1S/C19H31ClN2O2/c1-14(15-10-8-9-11-16(15)20)21-12-13-22(18(2,3)4)17(23)24-19(5,6)7/h8-11,14,21H,12-13H2,1-7H3. The van der Waals surface area contributed by atoms with Gasteiger partial charge in [0.1, 0.15) is 5.60 Å². The monoisotopic (exact) mass is 354 g/mol. The number of carbonyl (C=O) groups is 1. The predicted molar refractivity (Wildman–Crippen MR) is 101 cm³/mol. The molecule has 1 N–H and O–H groups in total. The topological polar surface area (TPSA) is 41.6 Å². The average Bonchev–Trinajstić information content (AvgIpc) is 2.40. The molecule has 0 spiro atoms. The molecule has 0 bridgehead atoms. The minimum atomic E-state index is -0.501. The first kappa shape index (κ1) is 20.8. The van der Waals surface area contributed by atoms with Crippen molar-refractivity contribution >= 4 is 17.7 Å². The maximum Gasteiger partial charge on any atom is 0.410 e. The molecule has 0 aliphatic rings. The van der Waals surface area contributed by atoms with Gasteiger partial charge in [0.25, 0.3) is 0 Å². The molecule has 1 rings (SSSR count). The van der Waals surface area contributed by atoms with Gasteiger partial charge in [-0.1, -0.05) is 29.8 Å². The van der Waals surface area contributed by atoms with Crippen LogP contribution in [0.4, 0.5) is 4.79 Å². The largest absolute Gasteiger partial charge is 0.444 e. The highest BCUT2D eigenvalue weighted by molar-refractivity contribution is 6.31. The van der Waals surface area contributed by atoms with Gasteiger partial charge in [-0.2, -0.15) is 0 Å². The van der Waals surface area contributed by atoms with E-state index in [9.17, 15) is 4.79 Å². The van der Waals surface area contributed by atoms with Gasteiger partial charge in [0.05, 0.1) is 0 Å². The molecule has 0 radical (unpaired) electrons. The maximum atomic E-state index is 12.5. The fraction of sp³-hybridized carbons (Fsp3) is 0.632. The van der Waals surface area contributed by atoms with E-state index in [0.717, 1.165) is 10.6 Å². The van der Waals surface area contributed by atoms with Gasteiger partial charge in [-0.05, 0) is 60.1 Å². The van der Waals surface area contributed by atoms with E-state index in [1.165, 1.54) is 0 Å². The number of hydrogen-bond acceptors (Lipinski definition) is 3. The number of amides is 1. The van der Waals surface area contributed by atoms with Gasteiger partial charge in [0.15, 0.2) is 0 Å². The second-order valence-corrected chi connectivity index (χ2v) is 8.41. The van der Waals surface area contributed by atoms with Crippen molar-refractivity contribution in [1.29, 1.82) is 0 Å². The van der Waals surface area contributed by atoms with Crippen molar-refractivity contribution in [2.45, 2.75) is 65.6 Å². The predicted octanol–water partition coefficient (Wildman–Crippen LogP) is 5.03. The molecular formula is C19H31ClN2O2. The number of ether oxygens (including phenoxy) is 1. The molecule has 1 amide bonds. The van der Waals surface area contributed by atoms with E-state index in [4.69, 9.17) is 16.3 Å². The molecule has 0 saturated carbocycles. The van der Waals surface area contributed by atoms with Crippen molar-refractivity contribution in [3.63, 3.8) is 0 Å². The zero-order chi connectivity index (χ0) is 18.5. The lowest BCUT2D eigenvalue weighted by Crippen LogP contribution is -2.50. The summed E-state index contributed by atoms with van der Waals surface area (Å²) in [6.45, 7) is 14.9. The van der Waals surface area contributed by atoms with Gasteiger partial charge in [0, 0.05) is 29.7 Å². The molecule has 0 saturated heterocycles. The molecular weight excluding hydrogens is 324 g/mol. The summed E-state index contributed by atoms with van der Waals surface area (Å²) >= 11 is 6.23. The van der Waals surface area contributed by atoms with Crippen LogP contribution in [0.25, 0.3) is 0 Å². The zero-order valence-corrected chi connectivity index (χ0v) is 16.7. The van der Waals surface area contributed by atoms with Crippen LogP contribution in [0.1, 0.15) is 60.1 Å². The summed E-state index contributed by atoms with van der Waals surface area (Å²) < 4.78 is 5.53. The van der Waals surface area contributed by atoms with Gasteiger partial charge in [0.2, 0.25) is 0 Å². The number of nitrogens with zero attached hydrogens (tertiary/aromatic N) is 1. The summed E-state index contributed by atoms with van der Waals surface area (Å²) in [6.07, 6.45) is -0.290. The Morgan fingerprint density at radius 2 is 1.79 bits per heavy atom. The van der Waals surface area contributed by atoms with Crippen molar-refractivity contribution in [3.8, 4) is 0 Å². The van der Waals surface area contributed by atoms with Gasteiger partial charge in [-0.25, -0.2) is 4.79 Å². The van der Waals surface area contributed by atoms with Crippen LogP contribution in [0.2, 0.25) is 5.02 Å². The molecule has 4 nitrogen and oxygen atoms in total. The third kappa shape index (κ3) is 6.70. The molecule has 0 fully saturated rings. The Morgan fingerprint density at radius 1 is 1.21 bits per heavy atom. The summed E-state index contributed by atoms with van der Waals surface area (Å²) in [5.41, 5.74) is 0.245. The summed E-state index contributed by atoms with van der Waals surface area (Å²) in [5.74, 6) is 0. The number of carbonyl (C=O) groups excluding carboxylic acids is 1. The number of hydrogen-bond donors (Lipinski definition) is 1. The van der Waals surface area contributed by atoms with Crippen LogP contribution in [-0.4, -0.2) is 35.2 Å². The van der Waals surface area contributed by atoms with Crippen LogP contribution in [0, 0.1) is 0 Å². The van der Waals surface area contributed by atoms with Crippen molar-refractivity contribution in [2.24, 2.45) is 0 Å². The Labute approximate surface area is 151 Å². The van der Waals surface area contributed by atoms with Crippen LogP contribution in [0.15, 0.2) is 24.3 Å². The number of benzene rings is 1. The lowest BCUT2D eigenvalue weighted by atomic mass is 10.1. The quantitative estimate of drug-likeness (QED) is 0.806. The van der Waals surface area contributed by atoms with Crippen molar-refractivity contribution in [1.82, 2.24) is 10.2 Å². The first-order valence-electron chi connectivity index (χ1n) is 8.40. The van der Waals surface area contributed by atoms with E-state index in [0.29, 0.717) is 13.1 Å². The van der Waals surface area contributed by atoms with Gasteiger partial charge in [-0.15, -0.1) is 0 Å². The normalized spacial score (nSPS) is 13.5. The lowest BCUT2D eigenvalue weighted by Gasteiger charge is -2.37. The summed E-state index contributed by atoms with van der Waals surface area (Å²) in [7, 11) is 0. The highest BCUT2D eigenvalue weighted by Gasteiger charge is 2.30. The second-order valence-electron chi connectivity index (χ2n) is 8.00. The molecule has 1 atom stereocenters. The maximum absolute atomic E-state index is 12.5. The van der Waals surface area contributed by atoms with Crippen molar-refractivity contribution in [3.05, 3.63) is 34.9 Å². The van der Waals surface area contributed by atoms with E-state index < -0.39 is 5.60 Å². The van der Waals surface area contributed by atoms with Crippen LogP contribution < -0.4 is 5.32 Å². The molecule has 24 heavy (non-hydrogen) atoms. The second kappa shape index (κ2) is 8.21.